The number of rotatable bonds is 3. The molecule has 0 saturated carbocycles. The fourth-order valence-electron chi connectivity index (χ4n) is 2.86. The van der Waals surface area contributed by atoms with E-state index in [1.54, 1.807) is 24.3 Å². The predicted octanol–water partition coefficient (Wildman–Crippen LogP) is 1.02. The Kier molecular flexibility index (Phi) is 3.18. The highest BCUT2D eigenvalue weighted by molar-refractivity contribution is 7.90. The van der Waals surface area contributed by atoms with Crippen molar-refractivity contribution >= 4 is 21.9 Å². The summed E-state index contributed by atoms with van der Waals surface area (Å²) in [6.45, 7) is 1.00. The van der Waals surface area contributed by atoms with Crippen molar-refractivity contribution in [3.05, 3.63) is 29.8 Å². The second-order valence-corrected chi connectivity index (χ2v) is 6.95. The van der Waals surface area contributed by atoms with Crippen LogP contribution in [0.4, 0.5) is 5.69 Å². The van der Waals surface area contributed by atoms with Gasteiger partial charge in [0.25, 0.3) is 0 Å². The third kappa shape index (κ3) is 1.97. The van der Waals surface area contributed by atoms with Crippen LogP contribution in [0.25, 0.3) is 0 Å². The summed E-state index contributed by atoms with van der Waals surface area (Å²) >= 11 is 0. The van der Waals surface area contributed by atoms with E-state index in [0.29, 0.717) is 24.3 Å². The van der Waals surface area contributed by atoms with Crippen LogP contribution in [-0.2, 0) is 15.0 Å². The molecule has 1 saturated heterocycles. The lowest BCUT2D eigenvalue weighted by molar-refractivity contribution is -0.138. The third-order valence-corrected chi connectivity index (χ3v) is 5.82. The van der Waals surface area contributed by atoms with Gasteiger partial charge in [0.15, 0.2) is 0 Å². The molecule has 20 heavy (non-hydrogen) atoms. The molecule has 0 aliphatic carbocycles. The van der Waals surface area contributed by atoms with Crippen LogP contribution in [0.3, 0.4) is 0 Å². The van der Waals surface area contributed by atoms with Gasteiger partial charge in [0.05, 0.1) is 12.2 Å². The molecule has 6 nitrogen and oxygen atoms in total. The number of hydrogen-bond donors (Lipinski definition) is 1. The van der Waals surface area contributed by atoms with Crippen molar-refractivity contribution in [2.45, 2.75) is 18.8 Å². The smallest absolute Gasteiger partial charge is 0.312 e. The monoisotopic (exact) mass is 296 g/mol. The highest BCUT2D eigenvalue weighted by Crippen LogP contribution is 2.39. The molecule has 0 radical (unpaired) electrons. The van der Waals surface area contributed by atoms with Crippen LogP contribution < -0.4 is 4.31 Å². The highest BCUT2D eigenvalue weighted by Gasteiger charge is 2.41. The SMILES string of the molecule is O=C(O)C1CN(S(=O)(=O)N2CCCC2)c2ccccc21. The van der Waals surface area contributed by atoms with Crippen LogP contribution in [0, 0.1) is 0 Å². The van der Waals surface area contributed by atoms with Crippen molar-refractivity contribution < 1.29 is 18.3 Å². The van der Waals surface area contributed by atoms with Crippen molar-refractivity contribution in [3.63, 3.8) is 0 Å². The van der Waals surface area contributed by atoms with Gasteiger partial charge in [0.2, 0.25) is 0 Å². The van der Waals surface area contributed by atoms with Crippen LogP contribution in [0.15, 0.2) is 24.3 Å². The number of carbonyl (C=O) groups is 1. The Bertz CT molecular complexity index is 638. The fraction of sp³-hybridized carbons (Fsp3) is 0.462. The number of nitrogens with zero attached hydrogens (tertiary/aromatic N) is 2. The summed E-state index contributed by atoms with van der Waals surface area (Å²) in [5, 5.41) is 9.27. The van der Waals surface area contributed by atoms with E-state index >= 15 is 0 Å². The molecule has 1 fully saturated rings. The molecule has 1 aromatic carbocycles. The van der Waals surface area contributed by atoms with Crippen molar-refractivity contribution in [2.75, 3.05) is 23.9 Å². The standard InChI is InChI=1S/C13H16N2O4S/c16-13(17)11-9-15(12-6-2-1-5-10(11)12)20(18,19)14-7-3-4-8-14/h1-2,5-6,11H,3-4,7-9H2,(H,16,17). The van der Waals surface area contributed by atoms with Gasteiger partial charge in [0.1, 0.15) is 5.92 Å². The van der Waals surface area contributed by atoms with Crippen LogP contribution in [-0.4, -0.2) is 43.4 Å². The van der Waals surface area contributed by atoms with E-state index in [2.05, 4.69) is 0 Å². The minimum atomic E-state index is -3.61. The molecule has 3 rings (SSSR count). The van der Waals surface area contributed by atoms with Crippen molar-refractivity contribution in [1.29, 1.82) is 0 Å². The zero-order valence-corrected chi connectivity index (χ0v) is 11.7. The molecule has 7 heteroatoms. The molecule has 0 amide bonds. The maximum Gasteiger partial charge on any atom is 0.312 e. The molecular formula is C13H16N2O4S. The van der Waals surface area contributed by atoms with Gasteiger partial charge >= 0.3 is 16.2 Å². The van der Waals surface area contributed by atoms with E-state index in [4.69, 9.17) is 0 Å². The molecule has 1 unspecified atom stereocenters. The largest absolute Gasteiger partial charge is 0.481 e. The Labute approximate surface area is 117 Å². The van der Waals surface area contributed by atoms with Gasteiger partial charge in [-0.2, -0.15) is 12.7 Å². The zero-order valence-electron chi connectivity index (χ0n) is 10.9. The summed E-state index contributed by atoms with van der Waals surface area (Å²) < 4.78 is 27.9. The number of benzene rings is 1. The highest BCUT2D eigenvalue weighted by atomic mass is 32.2. The molecule has 2 heterocycles. The van der Waals surface area contributed by atoms with Crippen LogP contribution >= 0.6 is 0 Å². The molecule has 108 valence electrons. The second kappa shape index (κ2) is 4.75. The van der Waals surface area contributed by atoms with E-state index in [1.165, 1.54) is 8.61 Å². The van der Waals surface area contributed by atoms with E-state index in [1.807, 2.05) is 0 Å². The first kappa shape index (κ1) is 13.4. The second-order valence-electron chi connectivity index (χ2n) is 5.09. The van der Waals surface area contributed by atoms with E-state index < -0.39 is 22.1 Å². The summed E-state index contributed by atoms with van der Waals surface area (Å²) in [4.78, 5) is 11.3. The Morgan fingerprint density at radius 3 is 2.50 bits per heavy atom. The lowest BCUT2D eigenvalue weighted by Crippen LogP contribution is -2.42. The van der Waals surface area contributed by atoms with Gasteiger partial charge in [-0.15, -0.1) is 0 Å². The Hall–Kier alpha value is -1.60. The molecule has 0 aromatic heterocycles. The van der Waals surface area contributed by atoms with Gasteiger partial charge in [-0.25, -0.2) is 0 Å². The Balaban J connectivity index is 2.02. The Morgan fingerprint density at radius 1 is 1.20 bits per heavy atom. The van der Waals surface area contributed by atoms with E-state index in [0.717, 1.165) is 12.8 Å². The third-order valence-electron chi connectivity index (χ3n) is 3.90. The first-order valence-corrected chi connectivity index (χ1v) is 8.01. The van der Waals surface area contributed by atoms with Crippen LogP contribution in [0.2, 0.25) is 0 Å². The zero-order chi connectivity index (χ0) is 14.3. The normalized spacial score (nSPS) is 23.0. The number of anilines is 1. The number of para-hydroxylation sites is 1. The van der Waals surface area contributed by atoms with E-state index in [-0.39, 0.29) is 6.54 Å². The van der Waals surface area contributed by atoms with Crippen LogP contribution in [0.1, 0.15) is 24.3 Å². The lowest BCUT2D eigenvalue weighted by atomic mass is 10.0. The fourth-order valence-corrected chi connectivity index (χ4v) is 4.61. The molecule has 1 atom stereocenters. The first-order chi connectivity index (χ1) is 9.51. The quantitative estimate of drug-likeness (QED) is 0.903. The molecular weight excluding hydrogens is 280 g/mol. The molecule has 1 aromatic rings. The predicted molar refractivity (Wildman–Crippen MR) is 73.9 cm³/mol. The summed E-state index contributed by atoms with van der Waals surface area (Å²) in [5.41, 5.74) is 1.06. The minimum absolute atomic E-state index is 0.0203. The van der Waals surface area contributed by atoms with Crippen molar-refractivity contribution in [2.24, 2.45) is 0 Å². The maximum atomic E-state index is 12.6. The summed E-state index contributed by atoms with van der Waals surface area (Å²) in [5.74, 6) is -1.78. The van der Waals surface area contributed by atoms with Gasteiger partial charge < -0.3 is 5.11 Å². The van der Waals surface area contributed by atoms with Gasteiger partial charge in [-0.1, -0.05) is 18.2 Å². The first-order valence-electron chi connectivity index (χ1n) is 6.61. The van der Waals surface area contributed by atoms with E-state index in [9.17, 15) is 18.3 Å². The topological polar surface area (TPSA) is 77.9 Å². The molecule has 1 N–H and O–H groups in total. The average molecular weight is 296 g/mol. The van der Waals surface area contributed by atoms with Crippen molar-refractivity contribution in [3.8, 4) is 0 Å². The molecule has 2 aliphatic rings. The minimum Gasteiger partial charge on any atom is -0.481 e. The van der Waals surface area contributed by atoms with Crippen LogP contribution in [0.5, 0.6) is 0 Å². The van der Waals surface area contributed by atoms with Gasteiger partial charge in [0, 0.05) is 13.1 Å². The number of aliphatic carboxylic acids is 1. The number of fused-ring (bicyclic) bond motifs is 1. The summed E-state index contributed by atoms with van der Waals surface area (Å²) in [6, 6.07) is 6.83. The number of carboxylic acid groups (broad SMARTS) is 1. The van der Waals surface area contributed by atoms with Crippen molar-refractivity contribution in [1.82, 2.24) is 4.31 Å². The Morgan fingerprint density at radius 2 is 1.85 bits per heavy atom. The molecule has 2 aliphatic heterocycles. The summed E-state index contributed by atoms with van der Waals surface area (Å²) in [6.07, 6.45) is 1.72. The van der Waals surface area contributed by atoms with Gasteiger partial charge in [-0.05, 0) is 24.5 Å². The number of hydrogen-bond acceptors (Lipinski definition) is 3. The average Bonchev–Trinajstić information content (AvgIpc) is 3.07. The lowest BCUT2D eigenvalue weighted by Gasteiger charge is -2.25. The van der Waals surface area contributed by atoms with Gasteiger partial charge in [-0.3, -0.25) is 9.10 Å². The summed E-state index contributed by atoms with van der Waals surface area (Å²) in [7, 11) is -3.61. The maximum absolute atomic E-state index is 12.6. The number of carboxylic acids is 1. The molecule has 0 bridgehead atoms. The molecule has 0 spiro atoms.